The Balaban J connectivity index is 1.57. The molecule has 0 spiro atoms. The molecule has 3 atom stereocenters. The van der Waals surface area contributed by atoms with Crippen molar-refractivity contribution in [2.75, 3.05) is 26.2 Å². The topological polar surface area (TPSA) is 35.6 Å². The quantitative estimate of drug-likeness (QED) is 0.899. The smallest absolute Gasteiger partial charge is 0.229 e. The molecule has 0 radical (unpaired) electrons. The van der Waals surface area contributed by atoms with Crippen molar-refractivity contribution in [2.45, 2.75) is 65.1 Å². The highest BCUT2D eigenvalue weighted by Gasteiger charge is 2.25. The van der Waals surface area contributed by atoms with Crippen LogP contribution in [0, 0.1) is 5.92 Å². The van der Waals surface area contributed by atoms with Crippen LogP contribution in [0.1, 0.15) is 57.6 Å². The number of benzene rings is 1. The predicted molar refractivity (Wildman–Crippen MR) is 107 cm³/mol. The molecule has 0 aliphatic carbocycles. The molecule has 2 aliphatic rings. The first-order chi connectivity index (χ1) is 12.4. The number of nitrogens with one attached hydrogen (secondary N) is 1. The summed E-state index contributed by atoms with van der Waals surface area (Å²) in [4.78, 5) is 17.4. The monoisotopic (exact) mass is 357 g/mol. The van der Waals surface area contributed by atoms with Crippen LogP contribution in [-0.2, 0) is 11.3 Å². The minimum Gasteiger partial charge on any atom is -0.342 e. The van der Waals surface area contributed by atoms with Gasteiger partial charge in [0.15, 0.2) is 0 Å². The van der Waals surface area contributed by atoms with Gasteiger partial charge >= 0.3 is 0 Å². The minimum absolute atomic E-state index is 0.0447. The Bertz CT molecular complexity index is 582. The van der Waals surface area contributed by atoms with E-state index in [-0.39, 0.29) is 11.8 Å². The molecule has 4 heteroatoms. The summed E-state index contributed by atoms with van der Waals surface area (Å²) in [6.07, 6.45) is 2.28. The van der Waals surface area contributed by atoms with E-state index < -0.39 is 0 Å². The van der Waals surface area contributed by atoms with E-state index in [2.05, 4.69) is 67.1 Å². The Hall–Kier alpha value is -1.39. The van der Waals surface area contributed by atoms with E-state index in [0.717, 1.165) is 57.0 Å². The zero-order valence-corrected chi connectivity index (χ0v) is 16.9. The largest absolute Gasteiger partial charge is 0.342 e. The second-order valence-corrected chi connectivity index (χ2v) is 8.63. The number of hydrogen-bond acceptors (Lipinski definition) is 3. The zero-order valence-electron chi connectivity index (χ0n) is 16.9. The maximum absolute atomic E-state index is 12.8. The summed E-state index contributed by atoms with van der Waals surface area (Å²) in [7, 11) is 0. The van der Waals surface area contributed by atoms with Crippen LogP contribution in [0.5, 0.6) is 0 Å². The SMILES string of the molecule is CC1CCN(C(=O)C(C)c2ccc(CN3C[C@@H](C)N[C@@H](C)C3)cc2)CC1. The highest BCUT2D eigenvalue weighted by atomic mass is 16.2. The molecule has 4 nitrogen and oxygen atoms in total. The lowest BCUT2D eigenvalue weighted by Crippen LogP contribution is -2.53. The van der Waals surface area contributed by atoms with E-state index in [1.807, 2.05) is 0 Å². The first-order valence-corrected chi connectivity index (χ1v) is 10.3. The number of amides is 1. The van der Waals surface area contributed by atoms with Gasteiger partial charge in [0.25, 0.3) is 0 Å². The van der Waals surface area contributed by atoms with Crippen molar-refractivity contribution >= 4 is 5.91 Å². The van der Waals surface area contributed by atoms with Crippen molar-refractivity contribution in [1.82, 2.24) is 15.1 Å². The lowest BCUT2D eigenvalue weighted by molar-refractivity contribution is -0.133. The highest BCUT2D eigenvalue weighted by molar-refractivity contribution is 5.83. The van der Waals surface area contributed by atoms with Gasteiger partial charge in [-0.2, -0.15) is 0 Å². The van der Waals surface area contributed by atoms with Gasteiger partial charge in [0.05, 0.1) is 5.92 Å². The van der Waals surface area contributed by atoms with E-state index in [1.54, 1.807) is 0 Å². The van der Waals surface area contributed by atoms with Crippen molar-refractivity contribution < 1.29 is 4.79 Å². The van der Waals surface area contributed by atoms with Crippen LogP contribution >= 0.6 is 0 Å². The Labute approximate surface area is 158 Å². The van der Waals surface area contributed by atoms with Crippen LogP contribution in [-0.4, -0.2) is 54.0 Å². The van der Waals surface area contributed by atoms with Crippen LogP contribution in [0.15, 0.2) is 24.3 Å². The Morgan fingerprint density at radius 3 is 2.23 bits per heavy atom. The van der Waals surface area contributed by atoms with Gasteiger partial charge < -0.3 is 10.2 Å². The average Bonchev–Trinajstić information content (AvgIpc) is 2.61. The first kappa shape index (κ1) is 19.4. The van der Waals surface area contributed by atoms with Crippen LogP contribution in [0.2, 0.25) is 0 Å². The van der Waals surface area contributed by atoms with Crippen molar-refractivity contribution in [3.8, 4) is 0 Å². The third-order valence-electron chi connectivity index (χ3n) is 5.98. The lowest BCUT2D eigenvalue weighted by atomic mass is 9.95. The molecule has 2 saturated heterocycles. The summed E-state index contributed by atoms with van der Waals surface area (Å²) >= 11 is 0. The van der Waals surface area contributed by atoms with E-state index in [9.17, 15) is 4.79 Å². The molecule has 1 amide bonds. The molecule has 0 aromatic heterocycles. The fourth-order valence-electron chi connectivity index (χ4n) is 4.38. The number of rotatable bonds is 4. The van der Waals surface area contributed by atoms with Crippen LogP contribution in [0.4, 0.5) is 0 Å². The molecule has 1 aromatic carbocycles. The van der Waals surface area contributed by atoms with Crippen molar-refractivity contribution in [2.24, 2.45) is 5.92 Å². The van der Waals surface area contributed by atoms with Crippen LogP contribution < -0.4 is 5.32 Å². The van der Waals surface area contributed by atoms with Gasteiger partial charge in [0.2, 0.25) is 5.91 Å². The summed E-state index contributed by atoms with van der Waals surface area (Å²) in [5.41, 5.74) is 2.47. The summed E-state index contributed by atoms with van der Waals surface area (Å²) in [6.45, 7) is 13.8. The second-order valence-electron chi connectivity index (χ2n) is 8.63. The van der Waals surface area contributed by atoms with Gasteiger partial charge in [-0.1, -0.05) is 31.2 Å². The molecule has 0 bridgehead atoms. The number of piperidine rings is 1. The highest BCUT2D eigenvalue weighted by Crippen LogP contribution is 2.23. The number of likely N-dealkylation sites (tertiary alicyclic amines) is 1. The molecule has 144 valence electrons. The summed E-state index contributed by atoms with van der Waals surface area (Å²) in [6, 6.07) is 9.80. The molecule has 2 fully saturated rings. The normalized spacial score (nSPS) is 26.7. The number of carbonyl (C=O) groups is 1. The maximum atomic E-state index is 12.8. The molecule has 26 heavy (non-hydrogen) atoms. The van der Waals surface area contributed by atoms with E-state index in [0.29, 0.717) is 12.1 Å². The van der Waals surface area contributed by atoms with E-state index in [4.69, 9.17) is 0 Å². The number of nitrogens with zero attached hydrogens (tertiary/aromatic N) is 2. The number of carbonyl (C=O) groups excluding carboxylic acids is 1. The minimum atomic E-state index is -0.0447. The lowest BCUT2D eigenvalue weighted by Gasteiger charge is -2.36. The molecule has 2 aliphatic heterocycles. The number of hydrogen-bond donors (Lipinski definition) is 1. The summed E-state index contributed by atoms with van der Waals surface area (Å²) < 4.78 is 0. The van der Waals surface area contributed by atoms with Crippen LogP contribution in [0.3, 0.4) is 0 Å². The standard InChI is InChI=1S/C22H35N3O/c1-16-9-11-25(12-10-16)22(26)19(4)21-7-5-20(6-8-21)15-24-13-17(2)23-18(3)14-24/h5-8,16-19,23H,9-15H2,1-4H3/t17-,18+,19?. The van der Waals surface area contributed by atoms with Gasteiger partial charge in [-0.05, 0) is 50.7 Å². The Morgan fingerprint density at radius 2 is 1.65 bits per heavy atom. The van der Waals surface area contributed by atoms with Gasteiger partial charge in [-0.25, -0.2) is 0 Å². The molecule has 0 saturated carbocycles. The fourth-order valence-corrected chi connectivity index (χ4v) is 4.38. The van der Waals surface area contributed by atoms with Gasteiger partial charge in [0.1, 0.15) is 0 Å². The van der Waals surface area contributed by atoms with Crippen LogP contribution in [0.25, 0.3) is 0 Å². The fraction of sp³-hybridized carbons (Fsp3) is 0.682. The summed E-state index contributed by atoms with van der Waals surface area (Å²) in [5.74, 6) is 0.996. The molecular weight excluding hydrogens is 322 g/mol. The molecule has 3 rings (SSSR count). The van der Waals surface area contributed by atoms with Gasteiger partial charge in [-0.3, -0.25) is 9.69 Å². The Kier molecular flexibility index (Phi) is 6.36. The van der Waals surface area contributed by atoms with Crippen molar-refractivity contribution in [3.05, 3.63) is 35.4 Å². The van der Waals surface area contributed by atoms with Crippen molar-refractivity contribution in [1.29, 1.82) is 0 Å². The third-order valence-corrected chi connectivity index (χ3v) is 5.98. The Morgan fingerprint density at radius 1 is 1.08 bits per heavy atom. The average molecular weight is 358 g/mol. The van der Waals surface area contributed by atoms with E-state index >= 15 is 0 Å². The van der Waals surface area contributed by atoms with E-state index in [1.165, 1.54) is 5.56 Å². The molecule has 1 unspecified atom stereocenters. The zero-order chi connectivity index (χ0) is 18.7. The molecule has 2 heterocycles. The van der Waals surface area contributed by atoms with Crippen molar-refractivity contribution in [3.63, 3.8) is 0 Å². The molecule has 1 N–H and O–H groups in total. The predicted octanol–water partition coefficient (Wildman–Crippen LogP) is 3.23. The summed E-state index contributed by atoms with van der Waals surface area (Å²) in [5, 5.41) is 3.58. The third kappa shape index (κ3) is 4.86. The second kappa shape index (κ2) is 8.53. The van der Waals surface area contributed by atoms with Gasteiger partial charge in [0, 0.05) is 44.8 Å². The maximum Gasteiger partial charge on any atom is 0.229 e. The molecule has 1 aromatic rings. The van der Waals surface area contributed by atoms with Gasteiger partial charge in [-0.15, -0.1) is 0 Å². The first-order valence-electron chi connectivity index (χ1n) is 10.3. The number of piperazine rings is 1. The molecular formula is C22H35N3O.